The van der Waals surface area contributed by atoms with E-state index in [-0.39, 0.29) is 11.4 Å². The number of rotatable bonds is 4. The first-order chi connectivity index (χ1) is 9.96. The van der Waals surface area contributed by atoms with Crippen molar-refractivity contribution in [2.75, 3.05) is 18.0 Å². The zero-order valence-corrected chi connectivity index (χ0v) is 15.2. The van der Waals surface area contributed by atoms with Gasteiger partial charge in [0, 0.05) is 29.1 Å². The zero-order chi connectivity index (χ0) is 15.6. The first kappa shape index (κ1) is 17.0. The molecule has 0 aromatic heterocycles. The third-order valence-electron chi connectivity index (χ3n) is 4.72. The monoisotopic (exact) mass is 376 g/mol. The molecule has 1 saturated heterocycles. The minimum Gasteiger partial charge on any atom is -0.363 e. The Kier molecular flexibility index (Phi) is 5.55. The third-order valence-corrected chi connectivity index (χ3v) is 5.61. The number of nitrogens with zero attached hydrogens (tertiary/aromatic N) is 1. The molecule has 1 aliphatic heterocycles. The van der Waals surface area contributed by atoms with Crippen molar-refractivity contribution < 1.29 is 4.39 Å². The molecule has 0 radical (unpaired) electrons. The van der Waals surface area contributed by atoms with Crippen molar-refractivity contribution in [1.29, 1.82) is 0 Å². The lowest BCUT2D eigenvalue weighted by molar-refractivity contribution is 0.246. The number of halogens is 3. The summed E-state index contributed by atoms with van der Waals surface area (Å²) in [5.41, 5.74) is 1.01. The van der Waals surface area contributed by atoms with Crippen molar-refractivity contribution in [3.63, 3.8) is 0 Å². The summed E-state index contributed by atoms with van der Waals surface area (Å²) in [5.74, 6) is -0.309. The van der Waals surface area contributed by atoms with Gasteiger partial charge in [-0.2, -0.15) is 0 Å². The topological polar surface area (TPSA) is 15.3 Å². The van der Waals surface area contributed by atoms with E-state index in [1.165, 1.54) is 12.1 Å². The molecule has 2 rings (SSSR count). The van der Waals surface area contributed by atoms with Gasteiger partial charge >= 0.3 is 0 Å². The number of hydrogen-bond acceptors (Lipinski definition) is 2. The van der Waals surface area contributed by atoms with E-state index >= 15 is 0 Å². The summed E-state index contributed by atoms with van der Waals surface area (Å²) in [6.07, 6.45) is 3.15. The number of anilines is 1. The van der Waals surface area contributed by atoms with E-state index < -0.39 is 0 Å². The maximum absolute atomic E-state index is 13.5. The van der Waals surface area contributed by atoms with Crippen molar-refractivity contribution in [1.82, 2.24) is 5.32 Å². The van der Waals surface area contributed by atoms with Crippen LogP contribution in [0.25, 0.3) is 0 Å². The number of benzene rings is 1. The van der Waals surface area contributed by atoms with Gasteiger partial charge in [0.1, 0.15) is 5.82 Å². The number of hydrogen-bond donors (Lipinski definition) is 1. The maximum atomic E-state index is 13.5. The Hall–Kier alpha value is -0.320. The van der Waals surface area contributed by atoms with Gasteiger partial charge in [0.2, 0.25) is 0 Å². The molecular formula is C16H23BrClFN2. The van der Waals surface area contributed by atoms with Gasteiger partial charge in [0.25, 0.3) is 0 Å². The Balaban J connectivity index is 2.43. The van der Waals surface area contributed by atoms with Gasteiger partial charge in [-0.05, 0) is 47.3 Å². The second-order valence-electron chi connectivity index (χ2n) is 5.78. The van der Waals surface area contributed by atoms with Crippen LogP contribution < -0.4 is 10.2 Å². The fourth-order valence-electron chi connectivity index (χ4n) is 3.11. The molecule has 1 fully saturated rings. The highest BCUT2D eigenvalue weighted by Gasteiger charge is 2.37. The molecule has 1 atom stereocenters. The second-order valence-corrected chi connectivity index (χ2v) is 7.04. The van der Waals surface area contributed by atoms with Crippen molar-refractivity contribution in [2.45, 2.75) is 51.6 Å². The van der Waals surface area contributed by atoms with Crippen LogP contribution in [0.3, 0.4) is 0 Å². The molecule has 0 aliphatic carbocycles. The van der Waals surface area contributed by atoms with Crippen LogP contribution in [0, 0.1) is 5.82 Å². The van der Waals surface area contributed by atoms with E-state index in [4.69, 9.17) is 11.6 Å². The van der Waals surface area contributed by atoms with E-state index in [1.54, 1.807) is 0 Å². The van der Waals surface area contributed by atoms with Crippen LogP contribution in [0.4, 0.5) is 10.1 Å². The molecule has 1 aromatic rings. The first-order valence-electron chi connectivity index (χ1n) is 7.62. The zero-order valence-electron chi connectivity index (χ0n) is 12.8. The predicted molar refractivity (Wildman–Crippen MR) is 91.9 cm³/mol. The van der Waals surface area contributed by atoms with E-state index in [2.05, 4.69) is 46.9 Å². The van der Waals surface area contributed by atoms with E-state index in [0.29, 0.717) is 11.1 Å². The van der Waals surface area contributed by atoms with Crippen molar-refractivity contribution in [3.8, 4) is 0 Å². The Morgan fingerprint density at radius 2 is 2.05 bits per heavy atom. The number of nitrogens with one attached hydrogen (secondary N) is 1. The number of piperazine rings is 1. The summed E-state index contributed by atoms with van der Waals surface area (Å²) in [4.78, 5) is 2.34. The van der Waals surface area contributed by atoms with Gasteiger partial charge in [-0.3, -0.25) is 0 Å². The highest BCUT2D eigenvalue weighted by Crippen LogP contribution is 2.39. The average molecular weight is 378 g/mol. The molecule has 21 heavy (non-hydrogen) atoms. The molecule has 5 heteroatoms. The second kappa shape index (κ2) is 6.84. The lowest BCUT2D eigenvalue weighted by atomic mass is 9.87. The van der Waals surface area contributed by atoms with E-state index in [0.717, 1.165) is 42.5 Å². The summed E-state index contributed by atoms with van der Waals surface area (Å²) in [6, 6.07) is 3.27. The van der Waals surface area contributed by atoms with Gasteiger partial charge in [0.15, 0.2) is 0 Å². The Labute approximate surface area is 140 Å². The summed E-state index contributed by atoms with van der Waals surface area (Å²) in [7, 11) is 0. The lowest BCUT2D eigenvalue weighted by Gasteiger charge is -2.49. The standard InChI is InChI=1S/C16H23BrClFN2/c1-4-12-9-20-16(5-2,6-3)10-21(12)15-13(17)7-11(19)8-14(15)18/h7-8,12,20H,4-6,9-10H2,1-3H3. The molecule has 0 spiro atoms. The van der Waals surface area contributed by atoms with E-state index in [1.807, 2.05) is 0 Å². The van der Waals surface area contributed by atoms with Gasteiger partial charge < -0.3 is 10.2 Å². The molecular weight excluding hydrogens is 355 g/mol. The van der Waals surface area contributed by atoms with Gasteiger partial charge in [-0.25, -0.2) is 4.39 Å². The quantitative estimate of drug-likeness (QED) is 0.795. The molecule has 1 aliphatic rings. The largest absolute Gasteiger partial charge is 0.363 e. The summed E-state index contributed by atoms with van der Waals surface area (Å²) in [5, 5.41) is 4.18. The minimum atomic E-state index is -0.309. The van der Waals surface area contributed by atoms with E-state index in [9.17, 15) is 4.39 Å². The van der Waals surface area contributed by atoms with Crippen LogP contribution >= 0.6 is 27.5 Å². The maximum Gasteiger partial charge on any atom is 0.125 e. The highest BCUT2D eigenvalue weighted by molar-refractivity contribution is 9.10. The fraction of sp³-hybridized carbons (Fsp3) is 0.625. The van der Waals surface area contributed by atoms with Crippen LogP contribution in [0.15, 0.2) is 16.6 Å². The Bertz CT molecular complexity index is 482. The summed E-state index contributed by atoms with van der Waals surface area (Å²) in [6.45, 7) is 8.42. The normalized spacial score (nSPS) is 21.6. The smallest absolute Gasteiger partial charge is 0.125 e. The van der Waals surface area contributed by atoms with Crippen LogP contribution in [0.1, 0.15) is 40.0 Å². The van der Waals surface area contributed by atoms with Gasteiger partial charge in [-0.15, -0.1) is 0 Å². The third kappa shape index (κ3) is 3.38. The first-order valence-corrected chi connectivity index (χ1v) is 8.79. The van der Waals surface area contributed by atoms with Crippen LogP contribution in [0.2, 0.25) is 5.02 Å². The van der Waals surface area contributed by atoms with Crippen LogP contribution in [-0.4, -0.2) is 24.7 Å². The molecule has 1 N–H and O–H groups in total. The Morgan fingerprint density at radius 3 is 2.57 bits per heavy atom. The molecule has 1 unspecified atom stereocenters. The molecule has 1 aromatic carbocycles. The highest BCUT2D eigenvalue weighted by atomic mass is 79.9. The molecule has 1 heterocycles. The predicted octanol–water partition coefficient (Wildman–Crippen LogP) is 4.99. The van der Waals surface area contributed by atoms with Crippen molar-refractivity contribution in [3.05, 3.63) is 27.4 Å². The lowest BCUT2D eigenvalue weighted by Crippen LogP contribution is -2.64. The summed E-state index contributed by atoms with van der Waals surface area (Å²) >= 11 is 9.82. The molecule has 118 valence electrons. The molecule has 0 bridgehead atoms. The van der Waals surface area contributed by atoms with Crippen LogP contribution in [0.5, 0.6) is 0 Å². The minimum absolute atomic E-state index is 0.100. The molecule has 2 nitrogen and oxygen atoms in total. The molecule has 0 amide bonds. The summed E-state index contributed by atoms with van der Waals surface area (Å²) < 4.78 is 14.2. The van der Waals surface area contributed by atoms with Crippen molar-refractivity contribution in [2.24, 2.45) is 0 Å². The fourth-order valence-corrected chi connectivity index (χ4v) is 4.20. The van der Waals surface area contributed by atoms with Crippen molar-refractivity contribution >= 4 is 33.2 Å². The SMILES string of the molecule is CCC1CNC(CC)(CC)CN1c1c(Cl)cc(F)cc1Br. The average Bonchev–Trinajstić information content (AvgIpc) is 2.46. The van der Waals surface area contributed by atoms with Gasteiger partial charge in [0.05, 0.1) is 10.7 Å². The van der Waals surface area contributed by atoms with Crippen LogP contribution in [-0.2, 0) is 0 Å². The van der Waals surface area contributed by atoms with Gasteiger partial charge in [-0.1, -0.05) is 32.4 Å². The Morgan fingerprint density at radius 1 is 1.38 bits per heavy atom. The molecule has 0 saturated carbocycles.